The van der Waals surface area contributed by atoms with Gasteiger partial charge >= 0.3 is 0 Å². The van der Waals surface area contributed by atoms with Crippen molar-refractivity contribution in [1.82, 2.24) is 9.66 Å². The molecule has 148 valence electrons. The van der Waals surface area contributed by atoms with Gasteiger partial charge in [-0.1, -0.05) is 19.1 Å². The number of aryl methyl sites for hydroxylation is 1. The molecule has 3 aromatic rings. The summed E-state index contributed by atoms with van der Waals surface area (Å²) in [5.74, 6) is -0.293. The molecule has 2 aromatic heterocycles. The third kappa shape index (κ3) is 3.97. The summed E-state index contributed by atoms with van der Waals surface area (Å²) in [5.41, 5.74) is 3.92. The monoisotopic (exact) mass is 408 g/mol. The second kappa shape index (κ2) is 8.00. The number of benzene rings is 1. The zero-order chi connectivity index (χ0) is 20.4. The second-order valence-electron chi connectivity index (χ2n) is 6.75. The number of hydrogen-bond acceptors (Lipinski definition) is 5. The Morgan fingerprint density at radius 3 is 2.76 bits per heavy atom. The summed E-state index contributed by atoms with van der Waals surface area (Å²) in [6.45, 7) is 2.76. The number of amides is 2. The molecule has 0 saturated carbocycles. The first-order valence-electron chi connectivity index (χ1n) is 9.44. The van der Waals surface area contributed by atoms with Crippen LogP contribution in [0, 0.1) is 0 Å². The largest absolute Gasteiger partial charge is 0.312 e. The van der Waals surface area contributed by atoms with Crippen LogP contribution in [0.3, 0.4) is 0 Å². The molecule has 1 aromatic carbocycles. The Labute approximate surface area is 171 Å². The molecule has 29 heavy (non-hydrogen) atoms. The number of thiophene rings is 1. The lowest BCUT2D eigenvalue weighted by Gasteiger charge is -2.15. The van der Waals surface area contributed by atoms with E-state index >= 15 is 0 Å². The quantitative estimate of drug-likeness (QED) is 0.658. The standard InChI is InChI=1S/C21H20N4O3S/c1-2-16-12-17-20(29-16)22-13-25(21(17)28)23-18(26)10-7-14-5-8-15(9-6-14)24-11-3-4-19(24)27/h5-10,12-13H,2-4,11H2,1H3,(H,23,26). The maximum absolute atomic E-state index is 12.5. The fourth-order valence-electron chi connectivity index (χ4n) is 3.24. The van der Waals surface area contributed by atoms with Crippen molar-refractivity contribution in [2.24, 2.45) is 0 Å². The van der Waals surface area contributed by atoms with Crippen molar-refractivity contribution in [2.75, 3.05) is 16.9 Å². The number of fused-ring (bicyclic) bond motifs is 1. The van der Waals surface area contributed by atoms with Crippen LogP contribution in [-0.2, 0) is 16.0 Å². The highest BCUT2D eigenvalue weighted by Gasteiger charge is 2.21. The molecule has 1 saturated heterocycles. The van der Waals surface area contributed by atoms with Crippen LogP contribution in [0.4, 0.5) is 5.69 Å². The Balaban J connectivity index is 1.45. The van der Waals surface area contributed by atoms with Crippen LogP contribution in [0.5, 0.6) is 0 Å². The van der Waals surface area contributed by atoms with E-state index in [1.54, 1.807) is 11.0 Å². The van der Waals surface area contributed by atoms with Gasteiger partial charge in [-0.05, 0) is 42.7 Å². The van der Waals surface area contributed by atoms with Crippen molar-refractivity contribution in [3.05, 3.63) is 63.5 Å². The van der Waals surface area contributed by atoms with Gasteiger partial charge in [0.2, 0.25) is 5.91 Å². The van der Waals surface area contributed by atoms with Crippen LogP contribution >= 0.6 is 11.3 Å². The van der Waals surface area contributed by atoms with Crippen LogP contribution in [0.25, 0.3) is 16.3 Å². The molecule has 0 aliphatic carbocycles. The molecule has 4 rings (SSSR count). The van der Waals surface area contributed by atoms with Crippen molar-refractivity contribution in [3.63, 3.8) is 0 Å². The number of nitrogens with one attached hydrogen (secondary N) is 1. The highest BCUT2D eigenvalue weighted by Crippen LogP contribution is 2.22. The first-order valence-corrected chi connectivity index (χ1v) is 10.3. The summed E-state index contributed by atoms with van der Waals surface area (Å²) in [4.78, 5) is 44.3. The van der Waals surface area contributed by atoms with Gasteiger partial charge in [0, 0.05) is 29.6 Å². The second-order valence-corrected chi connectivity index (χ2v) is 7.87. The lowest BCUT2D eigenvalue weighted by Crippen LogP contribution is -2.32. The molecular weight excluding hydrogens is 388 g/mol. The van der Waals surface area contributed by atoms with Crippen LogP contribution in [0.2, 0.25) is 0 Å². The molecule has 0 unspecified atom stereocenters. The van der Waals surface area contributed by atoms with Crippen LogP contribution < -0.4 is 15.9 Å². The van der Waals surface area contributed by atoms with E-state index in [0.29, 0.717) is 16.6 Å². The van der Waals surface area contributed by atoms with Gasteiger partial charge in [-0.3, -0.25) is 19.8 Å². The van der Waals surface area contributed by atoms with Gasteiger partial charge in [0.15, 0.2) is 0 Å². The topological polar surface area (TPSA) is 84.3 Å². The smallest absolute Gasteiger partial charge is 0.280 e. The number of hydrogen-bond donors (Lipinski definition) is 1. The van der Waals surface area contributed by atoms with Gasteiger partial charge in [-0.15, -0.1) is 11.3 Å². The number of carbonyl (C=O) groups excluding carboxylic acids is 2. The summed E-state index contributed by atoms with van der Waals surface area (Å²) >= 11 is 1.48. The van der Waals surface area contributed by atoms with Crippen LogP contribution in [-0.4, -0.2) is 28.0 Å². The van der Waals surface area contributed by atoms with E-state index in [9.17, 15) is 14.4 Å². The number of nitrogens with zero attached hydrogens (tertiary/aromatic N) is 3. The SMILES string of the molecule is CCc1cc2c(=O)n(NC(=O)C=Cc3ccc(N4CCCC4=O)cc3)cnc2s1. The van der Waals surface area contributed by atoms with E-state index in [2.05, 4.69) is 10.4 Å². The number of carbonyl (C=O) groups is 2. The molecule has 0 bridgehead atoms. The lowest BCUT2D eigenvalue weighted by atomic mass is 10.2. The third-order valence-electron chi connectivity index (χ3n) is 4.79. The predicted molar refractivity (Wildman–Crippen MR) is 115 cm³/mol. The van der Waals surface area contributed by atoms with Crippen molar-refractivity contribution >= 4 is 45.1 Å². The van der Waals surface area contributed by atoms with Crippen LogP contribution in [0.15, 0.2) is 47.5 Å². The highest BCUT2D eigenvalue weighted by atomic mass is 32.1. The van der Waals surface area contributed by atoms with E-state index in [1.807, 2.05) is 37.3 Å². The first-order chi connectivity index (χ1) is 14.0. The fraction of sp³-hybridized carbons (Fsp3) is 0.238. The van der Waals surface area contributed by atoms with Gasteiger partial charge in [0.25, 0.3) is 11.5 Å². The summed E-state index contributed by atoms with van der Waals surface area (Å²) in [6, 6.07) is 9.25. The van der Waals surface area contributed by atoms with Crippen molar-refractivity contribution in [1.29, 1.82) is 0 Å². The zero-order valence-electron chi connectivity index (χ0n) is 15.9. The van der Waals surface area contributed by atoms with E-state index in [-0.39, 0.29) is 11.5 Å². The van der Waals surface area contributed by atoms with Crippen LogP contribution in [0.1, 0.15) is 30.2 Å². The fourth-order valence-corrected chi connectivity index (χ4v) is 4.17. The summed E-state index contributed by atoms with van der Waals surface area (Å²) in [7, 11) is 0. The Morgan fingerprint density at radius 2 is 2.07 bits per heavy atom. The van der Waals surface area contributed by atoms with Crippen molar-refractivity contribution in [3.8, 4) is 0 Å². The van der Waals surface area contributed by atoms with E-state index in [1.165, 1.54) is 23.7 Å². The molecule has 1 aliphatic heterocycles. The molecule has 3 heterocycles. The first kappa shape index (κ1) is 19.1. The van der Waals surface area contributed by atoms with Gasteiger partial charge in [-0.25, -0.2) is 9.66 Å². The van der Waals surface area contributed by atoms with Gasteiger partial charge < -0.3 is 4.90 Å². The van der Waals surface area contributed by atoms with E-state index in [0.717, 1.165) is 40.2 Å². The molecule has 0 spiro atoms. The maximum atomic E-state index is 12.5. The van der Waals surface area contributed by atoms with Crippen molar-refractivity contribution < 1.29 is 9.59 Å². The van der Waals surface area contributed by atoms with Crippen molar-refractivity contribution in [2.45, 2.75) is 26.2 Å². The zero-order valence-corrected chi connectivity index (χ0v) is 16.7. The number of rotatable bonds is 5. The normalized spacial score (nSPS) is 14.2. The summed E-state index contributed by atoms with van der Waals surface area (Å²) in [6.07, 6.45) is 6.65. The van der Waals surface area contributed by atoms with E-state index < -0.39 is 5.91 Å². The lowest BCUT2D eigenvalue weighted by molar-refractivity contribution is -0.117. The van der Waals surface area contributed by atoms with Gasteiger partial charge in [0.05, 0.1) is 5.39 Å². The van der Waals surface area contributed by atoms with Gasteiger partial charge in [0.1, 0.15) is 11.2 Å². The molecule has 8 heteroatoms. The molecule has 1 aliphatic rings. The predicted octanol–water partition coefficient (Wildman–Crippen LogP) is 2.93. The number of aromatic nitrogens is 2. The highest BCUT2D eigenvalue weighted by molar-refractivity contribution is 7.18. The molecular formula is C21H20N4O3S. The molecule has 2 amide bonds. The minimum absolute atomic E-state index is 0.139. The average Bonchev–Trinajstić information content (AvgIpc) is 3.35. The minimum atomic E-state index is -0.432. The van der Waals surface area contributed by atoms with Gasteiger partial charge in [-0.2, -0.15) is 0 Å². The Morgan fingerprint density at radius 1 is 1.28 bits per heavy atom. The van der Waals surface area contributed by atoms with E-state index in [4.69, 9.17) is 0 Å². The third-order valence-corrected chi connectivity index (χ3v) is 5.97. The maximum Gasteiger partial charge on any atom is 0.280 e. The molecule has 1 N–H and O–H groups in total. The Bertz CT molecular complexity index is 1160. The molecule has 7 nitrogen and oxygen atoms in total. The molecule has 0 radical (unpaired) electrons. The molecule has 0 atom stereocenters. The summed E-state index contributed by atoms with van der Waals surface area (Å²) in [5, 5.41) is 0.505. The molecule has 1 fully saturated rings. The number of anilines is 1. The minimum Gasteiger partial charge on any atom is -0.312 e. The summed E-state index contributed by atoms with van der Waals surface area (Å²) < 4.78 is 1.10. The average molecular weight is 408 g/mol. The Hall–Kier alpha value is -3.26. The Kier molecular flexibility index (Phi) is 5.26.